The van der Waals surface area contributed by atoms with Gasteiger partial charge in [-0.2, -0.15) is 0 Å². The fraction of sp³-hybridized carbons (Fsp3) is 1.00. The van der Waals surface area contributed by atoms with Gasteiger partial charge in [0.25, 0.3) is 0 Å². The molecule has 0 spiro atoms. The number of rotatable bonds is 2. The third kappa shape index (κ3) is 2.30. The minimum atomic E-state index is 0.517. The SMILES string of the molecule is COC[C@H]1CNCCN1. The predicted molar refractivity (Wildman–Crippen MR) is 36.5 cm³/mol. The van der Waals surface area contributed by atoms with Crippen molar-refractivity contribution in [3.63, 3.8) is 0 Å². The van der Waals surface area contributed by atoms with E-state index in [9.17, 15) is 0 Å². The Hall–Kier alpha value is -0.120. The minimum Gasteiger partial charge on any atom is -0.383 e. The van der Waals surface area contributed by atoms with Crippen molar-refractivity contribution in [2.45, 2.75) is 6.04 Å². The van der Waals surface area contributed by atoms with Gasteiger partial charge in [-0.3, -0.25) is 0 Å². The fourth-order valence-corrected chi connectivity index (χ4v) is 1.03. The van der Waals surface area contributed by atoms with E-state index in [0.29, 0.717) is 6.04 Å². The van der Waals surface area contributed by atoms with Crippen molar-refractivity contribution in [1.29, 1.82) is 0 Å². The van der Waals surface area contributed by atoms with Gasteiger partial charge in [0.2, 0.25) is 0 Å². The van der Waals surface area contributed by atoms with Crippen molar-refractivity contribution in [2.24, 2.45) is 0 Å². The molecule has 1 aliphatic heterocycles. The molecule has 3 nitrogen and oxygen atoms in total. The second-order valence-electron chi connectivity index (χ2n) is 2.31. The molecule has 0 amide bonds. The molecule has 2 N–H and O–H groups in total. The van der Waals surface area contributed by atoms with E-state index in [0.717, 1.165) is 26.2 Å². The largest absolute Gasteiger partial charge is 0.383 e. The summed E-state index contributed by atoms with van der Waals surface area (Å²) in [5, 5.41) is 6.61. The van der Waals surface area contributed by atoms with E-state index >= 15 is 0 Å². The summed E-state index contributed by atoms with van der Waals surface area (Å²) in [6, 6.07) is 0.517. The van der Waals surface area contributed by atoms with Crippen LogP contribution in [0.15, 0.2) is 0 Å². The monoisotopic (exact) mass is 130 g/mol. The van der Waals surface area contributed by atoms with Crippen molar-refractivity contribution in [3.05, 3.63) is 0 Å². The molecule has 0 radical (unpaired) electrons. The Labute approximate surface area is 55.8 Å². The molecule has 0 saturated carbocycles. The molecule has 1 aliphatic rings. The molecule has 1 atom stereocenters. The zero-order valence-electron chi connectivity index (χ0n) is 5.81. The molecule has 0 unspecified atom stereocenters. The summed E-state index contributed by atoms with van der Waals surface area (Å²) in [5.74, 6) is 0. The fourth-order valence-electron chi connectivity index (χ4n) is 1.03. The Bertz CT molecular complexity index is 68.7. The average Bonchev–Trinajstić information content (AvgIpc) is 1.91. The highest BCUT2D eigenvalue weighted by molar-refractivity contribution is 4.74. The maximum atomic E-state index is 4.98. The Kier molecular flexibility index (Phi) is 2.97. The molecule has 0 aromatic heterocycles. The number of hydrogen-bond donors (Lipinski definition) is 2. The molecule has 3 heteroatoms. The van der Waals surface area contributed by atoms with Crippen LogP contribution >= 0.6 is 0 Å². The lowest BCUT2D eigenvalue weighted by atomic mass is 10.2. The summed E-state index contributed by atoms with van der Waals surface area (Å²) >= 11 is 0. The van der Waals surface area contributed by atoms with E-state index in [4.69, 9.17) is 4.74 Å². The molecule has 0 aliphatic carbocycles. The maximum absolute atomic E-state index is 4.98. The first-order valence-electron chi connectivity index (χ1n) is 3.36. The van der Waals surface area contributed by atoms with Crippen LogP contribution in [-0.4, -0.2) is 39.4 Å². The zero-order chi connectivity index (χ0) is 6.53. The second kappa shape index (κ2) is 3.82. The van der Waals surface area contributed by atoms with Gasteiger partial charge in [-0.25, -0.2) is 0 Å². The van der Waals surface area contributed by atoms with Crippen LogP contribution < -0.4 is 10.6 Å². The molecule has 0 aromatic rings. The highest BCUT2D eigenvalue weighted by atomic mass is 16.5. The normalized spacial score (nSPS) is 28.3. The van der Waals surface area contributed by atoms with E-state index < -0.39 is 0 Å². The van der Waals surface area contributed by atoms with Gasteiger partial charge < -0.3 is 15.4 Å². The van der Waals surface area contributed by atoms with Gasteiger partial charge in [0.1, 0.15) is 0 Å². The number of methoxy groups -OCH3 is 1. The quantitative estimate of drug-likeness (QED) is 0.513. The first-order valence-corrected chi connectivity index (χ1v) is 3.36. The average molecular weight is 130 g/mol. The maximum Gasteiger partial charge on any atom is 0.0628 e. The number of hydrogen-bond acceptors (Lipinski definition) is 3. The third-order valence-corrected chi connectivity index (χ3v) is 1.49. The summed E-state index contributed by atoms with van der Waals surface area (Å²) in [6.45, 7) is 4.00. The first-order chi connectivity index (χ1) is 4.43. The van der Waals surface area contributed by atoms with Gasteiger partial charge in [0.15, 0.2) is 0 Å². The van der Waals surface area contributed by atoms with Crippen molar-refractivity contribution in [2.75, 3.05) is 33.4 Å². The molecular weight excluding hydrogens is 116 g/mol. The minimum absolute atomic E-state index is 0.517. The lowest BCUT2D eigenvalue weighted by Gasteiger charge is -2.23. The van der Waals surface area contributed by atoms with Crippen LogP contribution in [0.4, 0.5) is 0 Å². The van der Waals surface area contributed by atoms with Crippen LogP contribution in [0.5, 0.6) is 0 Å². The Morgan fingerprint density at radius 1 is 1.56 bits per heavy atom. The van der Waals surface area contributed by atoms with Gasteiger partial charge in [-0.15, -0.1) is 0 Å². The van der Waals surface area contributed by atoms with E-state index in [1.165, 1.54) is 0 Å². The molecule has 1 saturated heterocycles. The summed E-state index contributed by atoms with van der Waals surface area (Å²) in [6.07, 6.45) is 0. The predicted octanol–water partition coefficient (Wildman–Crippen LogP) is -0.806. The summed E-state index contributed by atoms with van der Waals surface area (Å²) in [4.78, 5) is 0. The van der Waals surface area contributed by atoms with Crippen LogP contribution in [0.2, 0.25) is 0 Å². The third-order valence-electron chi connectivity index (χ3n) is 1.49. The lowest BCUT2D eigenvalue weighted by Crippen LogP contribution is -2.50. The van der Waals surface area contributed by atoms with Crippen molar-refractivity contribution < 1.29 is 4.74 Å². The summed E-state index contributed by atoms with van der Waals surface area (Å²) in [5.41, 5.74) is 0. The summed E-state index contributed by atoms with van der Waals surface area (Å²) in [7, 11) is 1.73. The van der Waals surface area contributed by atoms with Crippen molar-refractivity contribution in [3.8, 4) is 0 Å². The van der Waals surface area contributed by atoms with Gasteiger partial charge in [0, 0.05) is 32.8 Å². The lowest BCUT2D eigenvalue weighted by molar-refractivity contribution is 0.159. The van der Waals surface area contributed by atoms with E-state index in [1.54, 1.807) is 7.11 Å². The van der Waals surface area contributed by atoms with E-state index in [-0.39, 0.29) is 0 Å². The molecule has 1 rings (SSSR count). The highest BCUT2D eigenvalue weighted by Gasteiger charge is 2.09. The number of ether oxygens (including phenoxy) is 1. The standard InChI is InChI=1S/C6H14N2O/c1-9-5-6-4-7-2-3-8-6/h6-8H,2-5H2,1H3/t6-/m1/s1. The molecule has 1 heterocycles. The van der Waals surface area contributed by atoms with E-state index in [1.807, 2.05) is 0 Å². The van der Waals surface area contributed by atoms with Crippen LogP contribution in [-0.2, 0) is 4.74 Å². The van der Waals surface area contributed by atoms with Gasteiger partial charge in [-0.05, 0) is 0 Å². The smallest absolute Gasteiger partial charge is 0.0628 e. The van der Waals surface area contributed by atoms with E-state index in [2.05, 4.69) is 10.6 Å². The molecular formula is C6H14N2O. The van der Waals surface area contributed by atoms with Gasteiger partial charge >= 0.3 is 0 Å². The van der Waals surface area contributed by atoms with Crippen LogP contribution in [0, 0.1) is 0 Å². The molecule has 1 fully saturated rings. The number of piperazine rings is 1. The zero-order valence-corrected chi connectivity index (χ0v) is 5.81. The van der Waals surface area contributed by atoms with Gasteiger partial charge in [0.05, 0.1) is 6.61 Å². The second-order valence-corrected chi connectivity index (χ2v) is 2.31. The first kappa shape index (κ1) is 6.99. The van der Waals surface area contributed by atoms with Crippen molar-refractivity contribution >= 4 is 0 Å². The number of nitrogens with one attached hydrogen (secondary N) is 2. The Balaban J connectivity index is 2.08. The van der Waals surface area contributed by atoms with Crippen LogP contribution in [0.3, 0.4) is 0 Å². The topological polar surface area (TPSA) is 33.3 Å². The molecule has 0 aromatic carbocycles. The molecule has 0 bridgehead atoms. The Morgan fingerprint density at radius 3 is 3.00 bits per heavy atom. The van der Waals surface area contributed by atoms with Gasteiger partial charge in [-0.1, -0.05) is 0 Å². The highest BCUT2D eigenvalue weighted by Crippen LogP contribution is 1.85. The summed E-state index contributed by atoms with van der Waals surface area (Å²) < 4.78 is 4.98. The van der Waals surface area contributed by atoms with Crippen LogP contribution in [0.1, 0.15) is 0 Å². The Morgan fingerprint density at radius 2 is 2.44 bits per heavy atom. The van der Waals surface area contributed by atoms with Crippen molar-refractivity contribution in [1.82, 2.24) is 10.6 Å². The molecule has 9 heavy (non-hydrogen) atoms. The van der Waals surface area contributed by atoms with Crippen LogP contribution in [0.25, 0.3) is 0 Å². The molecule has 54 valence electrons.